The summed E-state index contributed by atoms with van der Waals surface area (Å²) in [5.41, 5.74) is 9.27. The summed E-state index contributed by atoms with van der Waals surface area (Å²) >= 11 is 3.51. The third-order valence-electron chi connectivity index (χ3n) is 4.97. The lowest BCUT2D eigenvalue weighted by molar-refractivity contribution is -0.145. The van der Waals surface area contributed by atoms with Crippen molar-refractivity contribution in [2.75, 3.05) is 5.33 Å². The largest absolute Gasteiger partial charge is 0.438 e. The SMILES string of the molecule is CC1(C)O[C@@H](CBr)[C@H](C[C@H](N)c2nc(-c3ccccc3)c(-c3ccccc3)o2)O1. The molecule has 0 aliphatic carbocycles. The van der Waals surface area contributed by atoms with Crippen molar-refractivity contribution in [3.8, 4) is 22.6 Å². The van der Waals surface area contributed by atoms with Gasteiger partial charge in [0.05, 0.1) is 18.2 Å². The minimum atomic E-state index is -0.621. The molecule has 152 valence electrons. The van der Waals surface area contributed by atoms with Crippen molar-refractivity contribution < 1.29 is 13.9 Å². The average molecular weight is 457 g/mol. The van der Waals surface area contributed by atoms with Crippen molar-refractivity contribution in [3.05, 3.63) is 66.6 Å². The van der Waals surface area contributed by atoms with Gasteiger partial charge in [-0.2, -0.15) is 0 Å². The predicted molar refractivity (Wildman–Crippen MR) is 117 cm³/mol. The van der Waals surface area contributed by atoms with Crippen molar-refractivity contribution in [3.63, 3.8) is 0 Å². The van der Waals surface area contributed by atoms with Gasteiger partial charge in [-0.3, -0.25) is 0 Å². The highest BCUT2D eigenvalue weighted by Gasteiger charge is 2.41. The molecule has 0 bridgehead atoms. The molecule has 2 heterocycles. The molecule has 1 aliphatic heterocycles. The van der Waals surface area contributed by atoms with Crippen LogP contribution in [0.2, 0.25) is 0 Å². The Morgan fingerprint density at radius 2 is 1.55 bits per heavy atom. The van der Waals surface area contributed by atoms with E-state index in [9.17, 15) is 0 Å². The van der Waals surface area contributed by atoms with E-state index in [1.54, 1.807) is 0 Å². The lowest BCUT2D eigenvalue weighted by atomic mass is 10.1. The first-order valence-corrected chi connectivity index (χ1v) is 10.9. The third kappa shape index (κ3) is 4.46. The van der Waals surface area contributed by atoms with E-state index in [2.05, 4.69) is 15.9 Å². The van der Waals surface area contributed by atoms with Crippen LogP contribution in [-0.2, 0) is 9.47 Å². The van der Waals surface area contributed by atoms with Gasteiger partial charge < -0.3 is 19.6 Å². The molecule has 3 atom stereocenters. The number of alkyl halides is 1. The number of oxazole rings is 1. The number of nitrogens with zero attached hydrogens (tertiary/aromatic N) is 1. The Morgan fingerprint density at radius 3 is 2.17 bits per heavy atom. The number of aromatic nitrogens is 1. The Hall–Kier alpha value is -1.99. The molecule has 2 aromatic carbocycles. The van der Waals surface area contributed by atoms with Crippen LogP contribution >= 0.6 is 15.9 Å². The van der Waals surface area contributed by atoms with Gasteiger partial charge >= 0.3 is 0 Å². The van der Waals surface area contributed by atoms with Crippen molar-refractivity contribution >= 4 is 15.9 Å². The number of halogens is 1. The van der Waals surface area contributed by atoms with Crippen LogP contribution in [0.15, 0.2) is 65.1 Å². The first kappa shape index (κ1) is 20.3. The topological polar surface area (TPSA) is 70.5 Å². The molecular formula is C23H25BrN2O3. The van der Waals surface area contributed by atoms with E-state index >= 15 is 0 Å². The van der Waals surface area contributed by atoms with Crippen LogP contribution in [0.1, 0.15) is 32.2 Å². The standard InChI is InChI=1S/C23H25BrN2O3/c1-23(2)28-18(19(14-24)29-23)13-17(25)22-26-20(15-9-5-3-6-10-15)21(27-22)16-11-7-4-8-12-16/h3-12,17-19H,13-14,25H2,1-2H3/t17-,18-,19-/m0/s1. The summed E-state index contributed by atoms with van der Waals surface area (Å²) in [7, 11) is 0. The van der Waals surface area contributed by atoms with E-state index in [0.717, 1.165) is 22.6 Å². The molecule has 0 unspecified atom stereocenters. The van der Waals surface area contributed by atoms with Crippen LogP contribution < -0.4 is 5.73 Å². The molecule has 3 aromatic rings. The third-order valence-corrected chi connectivity index (χ3v) is 5.61. The highest BCUT2D eigenvalue weighted by molar-refractivity contribution is 9.09. The normalized spacial score (nSPS) is 21.9. The zero-order chi connectivity index (χ0) is 20.4. The summed E-state index contributed by atoms with van der Waals surface area (Å²) in [4.78, 5) is 4.79. The van der Waals surface area contributed by atoms with Crippen molar-refractivity contribution in [1.82, 2.24) is 4.98 Å². The number of hydrogen-bond acceptors (Lipinski definition) is 5. The smallest absolute Gasteiger partial charge is 0.212 e. The van der Waals surface area contributed by atoms with E-state index < -0.39 is 11.8 Å². The second-order valence-electron chi connectivity index (χ2n) is 7.67. The summed E-state index contributed by atoms with van der Waals surface area (Å²) in [6.07, 6.45) is 0.364. The van der Waals surface area contributed by atoms with Crippen LogP contribution in [0.3, 0.4) is 0 Å². The lowest BCUT2D eigenvalue weighted by Crippen LogP contribution is -2.28. The summed E-state index contributed by atoms with van der Waals surface area (Å²) in [5, 5.41) is 0.684. The zero-order valence-electron chi connectivity index (χ0n) is 16.5. The fourth-order valence-electron chi connectivity index (χ4n) is 3.66. The molecule has 2 N–H and O–H groups in total. The van der Waals surface area contributed by atoms with Gasteiger partial charge in [-0.05, 0) is 13.8 Å². The van der Waals surface area contributed by atoms with E-state index in [-0.39, 0.29) is 12.2 Å². The molecular weight excluding hydrogens is 432 g/mol. The van der Waals surface area contributed by atoms with E-state index in [1.807, 2.05) is 74.5 Å². The maximum absolute atomic E-state index is 6.51. The van der Waals surface area contributed by atoms with E-state index in [4.69, 9.17) is 24.6 Å². The summed E-state index contributed by atoms with van der Waals surface area (Å²) < 4.78 is 18.2. The number of rotatable bonds is 6. The highest BCUT2D eigenvalue weighted by atomic mass is 79.9. The van der Waals surface area contributed by atoms with Crippen LogP contribution in [0.5, 0.6) is 0 Å². The van der Waals surface area contributed by atoms with Crippen LogP contribution in [0.4, 0.5) is 0 Å². The first-order valence-electron chi connectivity index (χ1n) is 9.75. The fourth-order valence-corrected chi connectivity index (χ4v) is 4.21. The Bertz CT molecular complexity index is 886. The van der Waals surface area contributed by atoms with Gasteiger partial charge in [0.15, 0.2) is 11.5 Å². The maximum Gasteiger partial charge on any atom is 0.212 e. The quantitative estimate of drug-likeness (QED) is 0.508. The van der Waals surface area contributed by atoms with Gasteiger partial charge in [0, 0.05) is 22.9 Å². The minimum Gasteiger partial charge on any atom is -0.438 e. The Balaban J connectivity index is 1.65. The molecule has 0 saturated carbocycles. The fraction of sp³-hybridized carbons (Fsp3) is 0.348. The molecule has 1 fully saturated rings. The lowest BCUT2D eigenvalue weighted by Gasteiger charge is -2.18. The molecule has 6 heteroatoms. The Kier molecular flexibility index (Phi) is 5.88. The molecule has 4 rings (SSSR count). The van der Waals surface area contributed by atoms with Crippen LogP contribution in [0, 0.1) is 0 Å². The number of benzene rings is 2. The molecule has 1 aliphatic rings. The summed E-state index contributed by atoms with van der Waals surface area (Å²) in [6.45, 7) is 3.83. The molecule has 29 heavy (non-hydrogen) atoms. The molecule has 1 saturated heterocycles. The average Bonchev–Trinajstić information content (AvgIpc) is 3.30. The Morgan fingerprint density at radius 1 is 0.966 bits per heavy atom. The number of ether oxygens (including phenoxy) is 2. The van der Waals surface area contributed by atoms with Gasteiger partial charge in [-0.15, -0.1) is 0 Å². The summed E-state index contributed by atoms with van der Waals surface area (Å²) in [6, 6.07) is 19.6. The van der Waals surface area contributed by atoms with Gasteiger partial charge in [0.25, 0.3) is 0 Å². The van der Waals surface area contributed by atoms with Gasteiger partial charge in [0.2, 0.25) is 5.89 Å². The number of hydrogen-bond donors (Lipinski definition) is 1. The van der Waals surface area contributed by atoms with Gasteiger partial charge in [-0.1, -0.05) is 76.6 Å². The molecule has 0 radical (unpaired) electrons. The van der Waals surface area contributed by atoms with E-state index in [1.165, 1.54) is 0 Å². The van der Waals surface area contributed by atoms with Gasteiger partial charge in [-0.25, -0.2) is 4.98 Å². The molecule has 1 aromatic heterocycles. The Labute approximate surface area is 179 Å². The monoisotopic (exact) mass is 456 g/mol. The van der Waals surface area contributed by atoms with E-state index in [0.29, 0.717) is 17.6 Å². The minimum absolute atomic E-state index is 0.0619. The van der Waals surface area contributed by atoms with Crippen molar-refractivity contribution in [2.45, 2.75) is 44.3 Å². The van der Waals surface area contributed by atoms with Crippen LogP contribution in [-0.4, -0.2) is 28.3 Å². The zero-order valence-corrected chi connectivity index (χ0v) is 18.1. The molecule has 0 spiro atoms. The van der Waals surface area contributed by atoms with Crippen molar-refractivity contribution in [2.24, 2.45) is 5.73 Å². The predicted octanol–water partition coefficient (Wildman–Crippen LogP) is 5.31. The second kappa shape index (κ2) is 8.40. The van der Waals surface area contributed by atoms with Gasteiger partial charge in [0.1, 0.15) is 5.69 Å². The number of nitrogens with two attached hydrogens (primary N) is 1. The second-order valence-corrected chi connectivity index (χ2v) is 8.32. The van der Waals surface area contributed by atoms with Crippen molar-refractivity contribution in [1.29, 1.82) is 0 Å². The summed E-state index contributed by atoms with van der Waals surface area (Å²) in [5.74, 6) is 0.608. The van der Waals surface area contributed by atoms with Crippen LogP contribution in [0.25, 0.3) is 22.6 Å². The highest BCUT2D eigenvalue weighted by Crippen LogP contribution is 2.37. The molecule has 5 nitrogen and oxygen atoms in total. The maximum atomic E-state index is 6.51. The first-order chi connectivity index (χ1) is 14.0. The molecule has 0 amide bonds.